The second kappa shape index (κ2) is 8.92. The maximum atomic E-state index is 13.6. The van der Waals surface area contributed by atoms with E-state index in [0.29, 0.717) is 18.0 Å². The summed E-state index contributed by atoms with van der Waals surface area (Å²) >= 11 is 0. The number of sulfonamides is 1. The first kappa shape index (κ1) is 21.9. The van der Waals surface area contributed by atoms with Gasteiger partial charge in [-0.3, -0.25) is 13.8 Å². The summed E-state index contributed by atoms with van der Waals surface area (Å²) in [6, 6.07) is 5.28. The summed E-state index contributed by atoms with van der Waals surface area (Å²) in [5.74, 6) is 0.114. The molecule has 11 heteroatoms. The number of ether oxygens (including phenoxy) is 2. The van der Waals surface area contributed by atoms with E-state index < -0.39 is 16.1 Å². The minimum absolute atomic E-state index is 0.00973. The number of carbonyl (C=O) groups is 1. The monoisotopic (exact) mass is 438 g/mol. The summed E-state index contributed by atoms with van der Waals surface area (Å²) < 4.78 is 41.3. The van der Waals surface area contributed by atoms with Crippen molar-refractivity contribution >= 4 is 21.6 Å². The lowest BCUT2D eigenvalue weighted by Crippen LogP contribution is -2.48. The van der Waals surface area contributed by atoms with E-state index in [2.05, 4.69) is 10.4 Å². The minimum Gasteiger partial charge on any atom is -0.484 e. The molecule has 1 aromatic carbocycles. The Balaban J connectivity index is 2.04. The van der Waals surface area contributed by atoms with Gasteiger partial charge < -0.3 is 19.9 Å². The van der Waals surface area contributed by atoms with Crippen molar-refractivity contribution < 1.29 is 27.8 Å². The summed E-state index contributed by atoms with van der Waals surface area (Å²) in [4.78, 5) is 11.2. The number of hydrogen-bond acceptors (Lipinski definition) is 7. The molecular weight excluding hydrogens is 412 g/mol. The van der Waals surface area contributed by atoms with Crippen molar-refractivity contribution in [2.45, 2.75) is 38.3 Å². The van der Waals surface area contributed by atoms with E-state index in [0.717, 1.165) is 5.56 Å². The molecule has 30 heavy (non-hydrogen) atoms. The van der Waals surface area contributed by atoms with E-state index in [1.54, 1.807) is 12.1 Å². The number of anilines is 1. The Kier molecular flexibility index (Phi) is 6.52. The zero-order chi connectivity index (χ0) is 21.9. The summed E-state index contributed by atoms with van der Waals surface area (Å²) in [5, 5.41) is 15.9. The van der Waals surface area contributed by atoms with Crippen LogP contribution in [0.25, 0.3) is 0 Å². The summed E-state index contributed by atoms with van der Waals surface area (Å²) in [6.45, 7) is 5.36. The van der Waals surface area contributed by atoms with Crippen LogP contribution in [0.4, 0.5) is 5.69 Å². The molecule has 0 fully saturated rings. The number of nitrogens with one attached hydrogen (secondary N) is 1. The Morgan fingerprint density at radius 3 is 2.87 bits per heavy atom. The van der Waals surface area contributed by atoms with E-state index in [1.807, 2.05) is 19.9 Å². The molecule has 1 unspecified atom stereocenters. The van der Waals surface area contributed by atoms with E-state index in [-0.39, 0.29) is 43.0 Å². The normalized spacial score (nSPS) is 16.0. The van der Waals surface area contributed by atoms with Gasteiger partial charge in [0, 0.05) is 19.7 Å². The first-order chi connectivity index (χ1) is 14.3. The standard InChI is InChI=1S/C19H26N4O6S/c1-4-22-12-18(19(21-22)28-8-7-24)30(26,27)23-11-15(10-20-14(3)25)29-17-6-5-13(2)9-16(17)23/h5-6,9,12,15,24H,4,7-8,10-11H2,1-3H3,(H,20,25). The number of amides is 1. The van der Waals surface area contributed by atoms with Crippen molar-refractivity contribution in [3.63, 3.8) is 0 Å². The SMILES string of the molecule is CCn1cc(S(=O)(=O)N2CC(CNC(C)=O)Oc3ccc(C)cc32)c(OCCO)n1. The Labute approximate surface area is 175 Å². The third kappa shape index (κ3) is 4.51. The molecule has 0 saturated carbocycles. The quantitative estimate of drug-likeness (QED) is 0.621. The van der Waals surface area contributed by atoms with Crippen LogP contribution in [0.5, 0.6) is 11.6 Å². The van der Waals surface area contributed by atoms with Gasteiger partial charge in [0.1, 0.15) is 18.5 Å². The van der Waals surface area contributed by atoms with Crippen molar-refractivity contribution in [1.82, 2.24) is 15.1 Å². The van der Waals surface area contributed by atoms with Crippen LogP contribution in [0.3, 0.4) is 0 Å². The predicted octanol–water partition coefficient (Wildman–Crippen LogP) is 0.675. The number of benzene rings is 1. The highest BCUT2D eigenvalue weighted by molar-refractivity contribution is 7.93. The Morgan fingerprint density at radius 2 is 2.20 bits per heavy atom. The largest absolute Gasteiger partial charge is 0.484 e. The number of aromatic nitrogens is 2. The van der Waals surface area contributed by atoms with Crippen LogP contribution in [0.15, 0.2) is 29.3 Å². The lowest BCUT2D eigenvalue weighted by molar-refractivity contribution is -0.119. The maximum absolute atomic E-state index is 13.6. The fourth-order valence-electron chi connectivity index (χ4n) is 3.10. The average Bonchev–Trinajstić information content (AvgIpc) is 3.14. The van der Waals surface area contributed by atoms with Gasteiger partial charge in [-0.25, -0.2) is 8.42 Å². The zero-order valence-electron chi connectivity index (χ0n) is 17.2. The van der Waals surface area contributed by atoms with Crippen molar-refractivity contribution in [2.75, 3.05) is 30.6 Å². The molecule has 0 saturated heterocycles. The molecule has 2 aromatic rings. The number of aliphatic hydroxyl groups is 1. The molecule has 10 nitrogen and oxygen atoms in total. The van der Waals surface area contributed by atoms with Crippen molar-refractivity contribution in [1.29, 1.82) is 0 Å². The second-order valence-corrected chi connectivity index (χ2v) is 8.74. The predicted molar refractivity (Wildman–Crippen MR) is 109 cm³/mol. The topological polar surface area (TPSA) is 123 Å². The molecule has 0 spiro atoms. The lowest BCUT2D eigenvalue weighted by Gasteiger charge is -2.35. The number of aryl methyl sites for hydroxylation is 2. The highest BCUT2D eigenvalue weighted by atomic mass is 32.2. The van der Waals surface area contributed by atoms with Crippen LogP contribution in [0.1, 0.15) is 19.4 Å². The molecule has 0 radical (unpaired) electrons. The summed E-state index contributed by atoms with van der Waals surface area (Å²) in [6.07, 6.45) is 0.845. The minimum atomic E-state index is -4.06. The first-order valence-electron chi connectivity index (χ1n) is 9.61. The molecule has 1 atom stereocenters. The van der Waals surface area contributed by atoms with Gasteiger partial charge in [-0.1, -0.05) is 6.07 Å². The fraction of sp³-hybridized carbons (Fsp3) is 0.474. The average molecular weight is 439 g/mol. The van der Waals surface area contributed by atoms with E-state index in [1.165, 1.54) is 22.1 Å². The second-order valence-electron chi connectivity index (χ2n) is 6.91. The summed E-state index contributed by atoms with van der Waals surface area (Å²) in [7, 11) is -4.06. The Hall–Kier alpha value is -2.79. The number of hydrogen-bond donors (Lipinski definition) is 2. The fourth-order valence-corrected chi connectivity index (χ4v) is 4.68. The summed E-state index contributed by atoms with van der Waals surface area (Å²) in [5.41, 5.74) is 1.28. The van der Waals surface area contributed by atoms with Gasteiger partial charge in [0.2, 0.25) is 5.91 Å². The molecule has 2 heterocycles. The van der Waals surface area contributed by atoms with E-state index in [4.69, 9.17) is 14.6 Å². The van der Waals surface area contributed by atoms with Gasteiger partial charge in [-0.05, 0) is 31.5 Å². The number of carbonyl (C=O) groups excluding carboxylic acids is 1. The van der Waals surface area contributed by atoms with E-state index in [9.17, 15) is 13.2 Å². The molecule has 1 amide bonds. The number of aliphatic hydroxyl groups excluding tert-OH is 1. The molecule has 1 aliphatic heterocycles. The van der Waals surface area contributed by atoms with Gasteiger partial charge in [0.05, 0.1) is 25.4 Å². The van der Waals surface area contributed by atoms with Crippen LogP contribution in [0, 0.1) is 6.92 Å². The smallest absolute Gasteiger partial charge is 0.271 e. The highest BCUT2D eigenvalue weighted by Gasteiger charge is 2.37. The Bertz CT molecular complexity index is 1020. The van der Waals surface area contributed by atoms with Gasteiger partial charge in [0.15, 0.2) is 4.90 Å². The van der Waals surface area contributed by atoms with Crippen LogP contribution in [-0.2, 0) is 21.4 Å². The van der Waals surface area contributed by atoms with E-state index >= 15 is 0 Å². The van der Waals surface area contributed by atoms with Gasteiger partial charge in [-0.15, -0.1) is 5.10 Å². The molecule has 164 valence electrons. The first-order valence-corrected chi connectivity index (χ1v) is 11.1. The third-order valence-corrected chi connectivity index (χ3v) is 6.31. The number of rotatable bonds is 8. The third-order valence-electron chi connectivity index (χ3n) is 4.54. The van der Waals surface area contributed by atoms with Crippen molar-refractivity contribution in [2.24, 2.45) is 0 Å². The maximum Gasteiger partial charge on any atom is 0.271 e. The van der Waals surface area contributed by atoms with Crippen LogP contribution >= 0.6 is 0 Å². The van der Waals surface area contributed by atoms with Crippen LogP contribution < -0.4 is 19.1 Å². The number of fused-ring (bicyclic) bond motifs is 1. The van der Waals surface area contributed by atoms with Gasteiger partial charge >= 0.3 is 0 Å². The number of nitrogens with zero attached hydrogens (tertiary/aromatic N) is 3. The molecular formula is C19H26N4O6S. The molecule has 1 aliphatic rings. The lowest BCUT2D eigenvalue weighted by atomic mass is 10.1. The Morgan fingerprint density at radius 1 is 1.43 bits per heavy atom. The van der Waals surface area contributed by atoms with Gasteiger partial charge in [-0.2, -0.15) is 0 Å². The van der Waals surface area contributed by atoms with Crippen molar-refractivity contribution in [3.8, 4) is 11.6 Å². The molecule has 0 bridgehead atoms. The van der Waals surface area contributed by atoms with Crippen LogP contribution in [-0.4, -0.2) is 61.6 Å². The highest BCUT2D eigenvalue weighted by Crippen LogP contribution is 2.39. The van der Waals surface area contributed by atoms with Crippen molar-refractivity contribution in [3.05, 3.63) is 30.0 Å². The van der Waals surface area contributed by atoms with Crippen LogP contribution in [0.2, 0.25) is 0 Å². The molecule has 3 rings (SSSR count). The van der Waals surface area contributed by atoms with Gasteiger partial charge in [0.25, 0.3) is 15.9 Å². The molecule has 1 aromatic heterocycles. The zero-order valence-corrected chi connectivity index (χ0v) is 18.0. The molecule has 2 N–H and O–H groups in total. The molecule has 0 aliphatic carbocycles.